The van der Waals surface area contributed by atoms with Gasteiger partial charge in [-0.2, -0.15) is 0 Å². The van der Waals surface area contributed by atoms with Crippen molar-refractivity contribution in [3.63, 3.8) is 0 Å². The lowest BCUT2D eigenvalue weighted by molar-refractivity contribution is -0.131. The minimum absolute atomic E-state index is 0.0340. The van der Waals surface area contributed by atoms with Gasteiger partial charge in [0.05, 0.1) is 12.2 Å². The largest absolute Gasteiger partial charge is 0.466 e. The van der Waals surface area contributed by atoms with Crippen LogP contribution in [-0.2, 0) is 21.7 Å². The molecule has 8 nitrogen and oxygen atoms in total. The van der Waals surface area contributed by atoms with E-state index in [0.717, 1.165) is 4.90 Å². The molecule has 3 rings (SSSR count). The fraction of sp³-hybridized carbons (Fsp3) is 0.375. The molecule has 132 valence electrons. The van der Waals surface area contributed by atoms with E-state index in [1.54, 1.807) is 32.2 Å². The average Bonchev–Trinajstić information content (AvgIpc) is 3.14. The second kappa shape index (κ2) is 5.99. The number of amides is 4. The summed E-state index contributed by atoms with van der Waals surface area (Å²) in [6.07, 6.45) is 0. The number of hydrogen-bond acceptors (Lipinski definition) is 6. The lowest BCUT2D eigenvalue weighted by atomic mass is 9.92. The van der Waals surface area contributed by atoms with E-state index in [4.69, 9.17) is 4.42 Å². The number of rotatable bonds is 4. The number of furan rings is 1. The second-order valence-electron chi connectivity index (χ2n) is 6.10. The van der Waals surface area contributed by atoms with Gasteiger partial charge < -0.3 is 15.1 Å². The molecule has 2 N–H and O–H groups in total. The average molecular weight is 362 g/mol. The van der Waals surface area contributed by atoms with Gasteiger partial charge in [0, 0.05) is 17.9 Å². The van der Waals surface area contributed by atoms with Crippen LogP contribution in [0.5, 0.6) is 0 Å². The first-order chi connectivity index (χ1) is 11.7. The van der Waals surface area contributed by atoms with Crippen LogP contribution in [0.4, 0.5) is 9.93 Å². The Bertz CT molecular complexity index is 871. The highest BCUT2D eigenvalue weighted by atomic mass is 32.1. The number of aryl methyl sites for hydroxylation is 2. The summed E-state index contributed by atoms with van der Waals surface area (Å²) in [5, 5.41) is 7.45. The summed E-state index contributed by atoms with van der Waals surface area (Å²) in [5.74, 6) is 0.676. The summed E-state index contributed by atoms with van der Waals surface area (Å²) in [7, 11) is 0. The van der Waals surface area contributed by atoms with Gasteiger partial charge in [0.25, 0.3) is 5.91 Å². The normalized spacial score (nSPS) is 20.1. The first-order valence-electron chi connectivity index (χ1n) is 7.64. The molecule has 1 saturated heterocycles. The number of carbonyl (C=O) groups excluding carboxylic acids is 3. The van der Waals surface area contributed by atoms with Crippen LogP contribution in [-0.4, -0.2) is 27.7 Å². The molecule has 1 fully saturated rings. The minimum Gasteiger partial charge on any atom is -0.466 e. The molecule has 9 heteroatoms. The topological polar surface area (TPSA) is 105 Å². The van der Waals surface area contributed by atoms with Gasteiger partial charge in [0.15, 0.2) is 5.13 Å². The molecule has 25 heavy (non-hydrogen) atoms. The van der Waals surface area contributed by atoms with Crippen LogP contribution in [0, 0.1) is 13.8 Å². The fourth-order valence-electron chi connectivity index (χ4n) is 2.90. The molecule has 0 radical (unpaired) electrons. The highest BCUT2D eigenvalue weighted by molar-refractivity contribution is 7.13. The highest BCUT2D eigenvalue weighted by Crippen LogP contribution is 2.33. The van der Waals surface area contributed by atoms with Gasteiger partial charge in [0.1, 0.15) is 17.1 Å². The van der Waals surface area contributed by atoms with Crippen LogP contribution < -0.4 is 10.6 Å². The third-order valence-electron chi connectivity index (χ3n) is 4.01. The van der Waals surface area contributed by atoms with E-state index in [9.17, 15) is 14.4 Å². The summed E-state index contributed by atoms with van der Waals surface area (Å²) in [6.45, 7) is 6.63. The van der Waals surface area contributed by atoms with Gasteiger partial charge in [-0.15, -0.1) is 11.3 Å². The third kappa shape index (κ3) is 3.02. The molecule has 1 unspecified atom stereocenters. The van der Waals surface area contributed by atoms with Gasteiger partial charge in [-0.25, -0.2) is 9.78 Å². The van der Waals surface area contributed by atoms with Crippen LogP contribution in [0.1, 0.15) is 36.6 Å². The van der Waals surface area contributed by atoms with Gasteiger partial charge in [0.2, 0.25) is 5.91 Å². The first kappa shape index (κ1) is 17.2. The van der Waals surface area contributed by atoms with Crippen molar-refractivity contribution in [1.29, 1.82) is 0 Å². The van der Waals surface area contributed by atoms with E-state index in [2.05, 4.69) is 15.6 Å². The van der Waals surface area contributed by atoms with Crippen LogP contribution in [0.25, 0.3) is 0 Å². The number of anilines is 1. The Morgan fingerprint density at radius 3 is 2.76 bits per heavy atom. The molecule has 1 aliphatic heterocycles. The Kier molecular flexibility index (Phi) is 4.11. The van der Waals surface area contributed by atoms with Gasteiger partial charge >= 0.3 is 6.03 Å². The number of nitrogens with zero attached hydrogens (tertiary/aromatic N) is 2. The van der Waals surface area contributed by atoms with Crippen molar-refractivity contribution in [2.75, 3.05) is 5.32 Å². The molecule has 0 aliphatic carbocycles. The maximum atomic E-state index is 12.9. The van der Waals surface area contributed by atoms with Crippen LogP contribution >= 0.6 is 11.3 Å². The van der Waals surface area contributed by atoms with E-state index in [1.807, 2.05) is 0 Å². The number of hydrogen-bond donors (Lipinski definition) is 2. The summed E-state index contributed by atoms with van der Waals surface area (Å²) in [5.41, 5.74) is -0.000237. The van der Waals surface area contributed by atoms with Gasteiger partial charge in [-0.3, -0.25) is 14.5 Å². The number of thiazole rings is 1. The fourth-order valence-corrected chi connectivity index (χ4v) is 3.65. The molecular formula is C16H18N4O4S. The lowest BCUT2D eigenvalue weighted by Crippen LogP contribution is -2.41. The van der Waals surface area contributed by atoms with Crippen LogP contribution in [0.2, 0.25) is 0 Å². The van der Waals surface area contributed by atoms with Crippen molar-refractivity contribution in [2.45, 2.75) is 39.8 Å². The summed E-state index contributed by atoms with van der Waals surface area (Å²) < 4.78 is 5.50. The molecule has 1 aliphatic rings. The number of imide groups is 1. The smallest absolute Gasteiger partial charge is 0.325 e. The maximum Gasteiger partial charge on any atom is 0.325 e. The van der Waals surface area contributed by atoms with Crippen molar-refractivity contribution in [3.8, 4) is 0 Å². The predicted octanol–water partition coefficient (Wildman–Crippen LogP) is 2.28. The Labute approximate surface area is 148 Å². The standard InChI is InChI=1S/C16H18N4O4S/c1-8-5-12(9(2)24-8)16(4)13(22)20(15(23)19-16)6-11-7-25-14(18-11)17-10(3)21/h5,7H,6H2,1-4H3,(H,19,23)(H,17,18,21). The van der Waals surface area contributed by atoms with Crippen LogP contribution in [0.3, 0.4) is 0 Å². The molecule has 1 atom stereocenters. The lowest BCUT2D eigenvalue weighted by Gasteiger charge is -2.21. The SMILES string of the molecule is CC(=O)Nc1nc(CN2C(=O)NC(C)(c3cc(C)oc3C)C2=O)cs1. The molecule has 0 bridgehead atoms. The molecule has 3 heterocycles. The monoisotopic (exact) mass is 362 g/mol. The summed E-state index contributed by atoms with van der Waals surface area (Å²) >= 11 is 1.24. The van der Waals surface area contributed by atoms with Crippen molar-refractivity contribution < 1.29 is 18.8 Å². The molecule has 0 saturated carbocycles. The van der Waals surface area contributed by atoms with Gasteiger partial charge in [-0.1, -0.05) is 0 Å². The molecular weight excluding hydrogens is 344 g/mol. The zero-order valence-electron chi connectivity index (χ0n) is 14.3. The van der Waals surface area contributed by atoms with Crippen molar-refractivity contribution in [1.82, 2.24) is 15.2 Å². The zero-order valence-corrected chi connectivity index (χ0v) is 15.1. The molecule has 2 aromatic rings. The number of urea groups is 1. The molecule has 2 aromatic heterocycles. The zero-order chi connectivity index (χ0) is 18.4. The Morgan fingerprint density at radius 1 is 1.44 bits per heavy atom. The first-order valence-corrected chi connectivity index (χ1v) is 8.52. The minimum atomic E-state index is -1.17. The molecule has 0 spiro atoms. The number of nitrogens with one attached hydrogen (secondary N) is 2. The van der Waals surface area contributed by atoms with Crippen molar-refractivity contribution >= 4 is 34.3 Å². The Hall–Kier alpha value is -2.68. The number of aromatic nitrogens is 1. The summed E-state index contributed by atoms with van der Waals surface area (Å²) in [4.78, 5) is 41.6. The Balaban J connectivity index is 1.83. The predicted molar refractivity (Wildman–Crippen MR) is 91.0 cm³/mol. The quantitative estimate of drug-likeness (QED) is 0.812. The molecule has 0 aromatic carbocycles. The molecule has 4 amide bonds. The third-order valence-corrected chi connectivity index (χ3v) is 4.82. The number of carbonyl (C=O) groups is 3. The van der Waals surface area contributed by atoms with Crippen molar-refractivity contribution in [2.24, 2.45) is 0 Å². The van der Waals surface area contributed by atoms with Gasteiger partial charge in [-0.05, 0) is 26.8 Å². The summed E-state index contributed by atoms with van der Waals surface area (Å²) in [6, 6.07) is 1.27. The maximum absolute atomic E-state index is 12.9. The van der Waals surface area contributed by atoms with E-state index in [-0.39, 0.29) is 18.4 Å². The highest BCUT2D eigenvalue weighted by Gasteiger charge is 2.50. The van der Waals surface area contributed by atoms with E-state index in [0.29, 0.717) is 27.9 Å². The van der Waals surface area contributed by atoms with Crippen LogP contribution in [0.15, 0.2) is 15.9 Å². The second-order valence-corrected chi connectivity index (χ2v) is 6.96. The Morgan fingerprint density at radius 2 is 2.16 bits per heavy atom. The van der Waals surface area contributed by atoms with Crippen molar-refractivity contribution in [3.05, 3.63) is 34.2 Å². The van der Waals surface area contributed by atoms with E-state index < -0.39 is 11.6 Å². The van der Waals surface area contributed by atoms with E-state index >= 15 is 0 Å². The van der Waals surface area contributed by atoms with E-state index in [1.165, 1.54) is 18.3 Å².